The van der Waals surface area contributed by atoms with Crippen LogP contribution >= 0.6 is 15.9 Å². The van der Waals surface area contributed by atoms with Crippen molar-refractivity contribution in [2.75, 3.05) is 11.9 Å². The number of fused-ring (bicyclic) bond motifs is 1. The summed E-state index contributed by atoms with van der Waals surface area (Å²) in [5, 5.41) is 2.87. The molecule has 0 unspecified atom stereocenters. The zero-order valence-corrected chi connectivity index (χ0v) is 12.4. The van der Waals surface area contributed by atoms with Crippen LogP contribution in [0.25, 0.3) is 0 Å². The fourth-order valence-electron chi connectivity index (χ4n) is 2.39. The van der Waals surface area contributed by atoms with E-state index in [1.807, 2.05) is 36.4 Å². The number of carbonyl (C=O) groups excluding carboxylic acids is 1. The third-order valence-electron chi connectivity index (χ3n) is 3.32. The Morgan fingerprint density at radius 2 is 2.05 bits per heavy atom. The number of benzene rings is 2. The zero-order chi connectivity index (χ0) is 13.9. The van der Waals surface area contributed by atoms with Crippen LogP contribution in [0.2, 0.25) is 0 Å². The van der Waals surface area contributed by atoms with Crippen molar-refractivity contribution in [2.45, 2.75) is 12.8 Å². The third kappa shape index (κ3) is 2.85. The van der Waals surface area contributed by atoms with Crippen molar-refractivity contribution >= 4 is 27.5 Å². The van der Waals surface area contributed by atoms with Gasteiger partial charge in [0, 0.05) is 16.6 Å². The zero-order valence-electron chi connectivity index (χ0n) is 10.9. The molecule has 0 aromatic heterocycles. The molecule has 1 aliphatic heterocycles. The second-order valence-electron chi connectivity index (χ2n) is 4.72. The van der Waals surface area contributed by atoms with Crippen LogP contribution in [0.1, 0.15) is 11.1 Å². The highest BCUT2D eigenvalue weighted by atomic mass is 79.9. The van der Waals surface area contributed by atoms with Crippen molar-refractivity contribution in [3.63, 3.8) is 0 Å². The van der Waals surface area contributed by atoms with Crippen LogP contribution in [0.4, 0.5) is 5.69 Å². The quantitative estimate of drug-likeness (QED) is 0.930. The Labute approximate surface area is 126 Å². The molecule has 0 radical (unpaired) electrons. The maximum atomic E-state index is 11.4. The molecule has 1 heterocycles. The lowest BCUT2D eigenvalue weighted by Gasteiger charge is -2.09. The summed E-state index contributed by atoms with van der Waals surface area (Å²) in [5.74, 6) is 0.918. The van der Waals surface area contributed by atoms with E-state index in [0.717, 1.165) is 27.9 Å². The Hall–Kier alpha value is -1.81. The molecule has 2 aromatic carbocycles. The van der Waals surface area contributed by atoms with E-state index < -0.39 is 0 Å². The minimum atomic E-state index is 0.0698. The van der Waals surface area contributed by atoms with Gasteiger partial charge >= 0.3 is 0 Å². The van der Waals surface area contributed by atoms with Gasteiger partial charge in [0.05, 0.1) is 13.0 Å². The summed E-state index contributed by atoms with van der Waals surface area (Å²) in [6, 6.07) is 13.8. The molecular formula is C16H14BrNO2. The minimum absolute atomic E-state index is 0.0698. The van der Waals surface area contributed by atoms with Crippen LogP contribution in [0.5, 0.6) is 5.75 Å². The van der Waals surface area contributed by atoms with Crippen LogP contribution in [0, 0.1) is 0 Å². The minimum Gasteiger partial charge on any atom is -0.493 e. The van der Waals surface area contributed by atoms with Crippen LogP contribution in [-0.2, 0) is 17.6 Å². The van der Waals surface area contributed by atoms with Gasteiger partial charge in [-0.05, 0) is 35.4 Å². The molecule has 0 bridgehead atoms. The predicted octanol–water partition coefficient (Wildman–Crippen LogP) is 3.57. The molecule has 0 saturated carbocycles. The van der Waals surface area contributed by atoms with Crippen molar-refractivity contribution in [1.82, 2.24) is 0 Å². The number of halogens is 1. The molecule has 2 aromatic rings. The summed E-state index contributed by atoms with van der Waals surface area (Å²) in [4.78, 5) is 11.4. The highest BCUT2D eigenvalue weighted by Crippen LogP contribution is 2.26. The van der Waals surface area contributed by atoms with Crippen LogP contribution < -0.4 is 10.1 Å². The largest absolute Gasteiger partial charge is 0.493 e. The monoisotopic (exact) mass is 331 g/mol. The molecule has 1 amide bonds. The van der Waals surface area contributed by atoms with Gasteiger partial charge in [0.2, 0.25) is 5.91 Å². The van der Waals surface area contributed by atoms with E-state index in [0.29, 0.717) is 13.0 Å². The molecule has 3 nitrogen and oxygen atoms in total. The van der Waals surface area contributed by atoms with E-state index in [4.69, 9.17) is 4.74 Å². The fraction of sp³-hybridized carbons (Fsp3) is 0.188. The van der Waals surface area contributed by atoms with Crippen molar-refractivity contribution in [3.05, 3.63) is 58.1 Å². The Morgan fingerprint density at radius 1 is 1.20 bits per heavy atom. The summed E-state index contributed by atoms with van der Waals surface area (Å²) in [7, 11) is 0. The molecule has 1 N–H and O–H groups in total. The van der Waals surface area contributed by atoms with E-state index in [1.165, 1.54) is 5.56 Å². The van der Waals surface area contributed by atoms with Gasteiger partial charge in [0.15, 0.2) is 0 Å². The van der Waals surface area contributed by atoms with Crippen molar-refractivity contribution < 1.29 is 9.53 Å². The standard InChI is InChI=1S/C16H14BrNO2/c17-12-4-2-5-13(9-12)20-8-7-11-3-1-6-15-14(11)10-16(19)18-15/h1-6,9H,7-8,10H2,(H,18,19). The lowest BCUT2D eigenvalue weighted by molar-refractivity contribution is -0.115. The summed E-state index contributed by atoms with van der Waals surface area (Å²) in [6.45, 7) is 0.598. The molecule has 20 heavy (non-hydrogen) atoms. The number of amides is 1. The van der Waals surface area contributed by atoms with Gasteiger partial charge < -0.3 is 10.1 Å². The normalized spacial score (nSPS) is 12.9. The number of carbonyl (C=O) groups is 1. The van der Waals surface area contributed by atoms with Crippen LogP contribution in [-0.4, -0.2) is 12.5 Å². The maximum absolute atomic E-state index is 11.4. The lowest BCUT2D eigenvalue weighted by atomic mass is 10.0. The number of hydrogen-bond donors (Lipinski definition) is 1. The van der Waals surface area contributed by atoms with Crippen LogP contribution in [0.3, 0.4) is 0 Å². The summed E-state index contributed by atoms with van der Waals surface area (Å²) < 4.78 is 6.75. The van der Waals surface area contributed by atoms with E-state index in [2.05, 4.69) is 27.3 Å². The first kappa shape index (κ1) is 13.2. The molecule has 0 fully saturated rings. The van der Waals surface area contributed by atoms with Gasteiger partial charge in [-0.15, -0.1) is 0 Å². The second kappa shape index (κ2) is 5.67. The lowest BCUT2D eigenvalue weighted by Crippen LogP contribution is -2.04. The fourth-order valence-corrected chi connectivity index (χ4v) is 2.76. The Kier molecular flexibility index (Phi) is 3.74. The molecule has 0 atom stereocenters. The van der Waals surface area contributed by atoms with Gasteiger partial charge in [-0.3, -0.25) is 4.79 Å². The predicted molar refractivity (Wildman–Crippen MR) is 82.1 cm³/mol. The summed E-state index contributed by atoms with van der Waals surface area (Å²) >= 11 is 3.42. The molecule has 102 valence electrons. The number of ether oxygens (including phenoxy) is 1. The highest BCUT2D eigenvalue weighted by molar-refractivity contribution is 9.10. The average molecular weight is 332 g/mol. The topological polar surface area (TPSA) is 38.3 Å². The van der Waals surface area contributed by atoms with Gasteiger partial charge in [0.1, 0.15) is 5.75 Å². The van der Waals surface area contributed by atoms with Crippen molar-refractivity contribution in [2.24, 2.45) is 0 Å². The number of hydrogen-bond acceptors (Lipinski definition) is 2. The van der Waals surface area contributed by atoms with Crippen molar-refractivity contribution in [1.29, 1.82) is 0 Å². The smallest absolute Gasteiger partial charge is 0.228 e. The number of anilines is 1. The Balaban J connectivity index is 1.65. The van der Waals surface area contributed by atoms with Gasteiger partial charge in [-0.25, -0.2) is 0 Å². The summed E-state index contributed by atoms with van der Waals surface area (Å²) in [6.07, 6.45) is 1.27. The molecule has 0 saturated heterocycles. The molecule has 1 aliphatic rings. The maximum Gasteiger partial charge on any atom is 0.228 e. The molecule has 0 spiro atoms. The average Bonchev–Trinajstić information content (AvgIpc) is 2.80. The first-order valence-corrected chi connectivity index (χ1v) is 7.30. The SMILES string of the molecule is O=C1Cc2c(CCOc3cccc(Br)c3)cccc2N1. The first-order valence-electron chi connectivity index (χ1n) is 6.51. The first-order chi connectivity index (χ1) is 9.72. The van der Waals surface area contributed by atoms with Crippen molar-refractivity contribution in [3.8, 4) is 5.75 Å². The third-order valence-corrected chi connectivity index (χ3v) is 3.81. The van der Waals surface area contributed by atoms with E-state index in [9.17, 15) is 4.79 Å². The van der Waals surface area contributed by atoms with E-state index >= 15 is 0 Å². The number of nitrogens with one attached hydrogen (secondary N) is 1. The Bertz CT molecular complexity index is 655. The Morgan fingerprint density at radius 3 is 2.90 bits per heavy atom. The van der Waals surface area contributed by atoms with Gasteiger partial charge in [-0.1, -0.05) is 34.1 Å². The second-order valence-corrected chi connectivity index (χ2v) is 5.64. The van der Waals surface area contributed by atoms with E-state index in [-0.39, 0.29) is 5.91 Å². The molecule has 0 aliphatic carbocycles. The van der Waals surface area contributed by atoms with Crippen LogP contribution in [0.15, 0.2) is 46.9 Å². The molecule has 4 heteroatoms. The number of rotatable bonds is 4. The van der Waals surface area contributed by atoms with E-state index in [1.54, 1.807) is 0 Å². The molecule has 3 rings (SSSR count). The highest BCUT2D eigenvalue weighted by Gasteiger charge is 2.19. The summed E-state index contributed by atoms with van der Waals surface area (Å²) in [5.41, 5.74) is 3.22. The van der Waals surface area contributed by atoms with Gasteiger partial charge in [-0.2, -0.15) is 0 Å². The van der Waals surface area contributed by atoms with Gasteiger partial charge in [0.25, 0.3) is 0 Å². The molecular weight excluding hydrogens is 318 g/mol.